The maximum Gasteiger partial charge on any atom is 0.270 e. The third kappa shape index (κ3) is 5.91. The fraction of sp³-hybridized carbons (Fsp3) is 0.533. The first kappa shape index (κ1) is 17.1. The Balaban J connectivity index is 2.48. The Kier molecular flexibility index (Phi) is 6.30. The molecule has 1 aromatic rings. The van der Waals surface area contributed by atoms with Crippen molar-refractivity contribution in [2.45, 2.75) is 32.7 Å². The second-order valence-electron chi connectivity index (χ2n) is 5.81. The molecule has 0 fully saturated rings. The first-order valence-corrected chi connectivity index (χ1v) is 7.06. The molecule has 0 bridgehead atoms. The normalized spacial score (nSPS) is 13.6. The van der Waals surface area contributed by atoms with E-state index in [0.29, 0.717) is 12.5 Å². The Labute approximate surface area is 125 Å². The minimum Gasteiger partial charge on any atom is -0.348 e. The quantitative estimate of drug-likeness (QED) is 0.689. The summed E-state index contributed by atoms with van der Waals surface area (Å²) in [5, 5.41) is 5.43. The van der Waals surface area contributed by atoms with Crippen LogP contribution < -0.4 is 16.4 Å². The van der Waals surface area contributed by atoms with Crippen molar-refractivity contribution in [3.8, 4) is 0 Å². The number of hydrogen-bond acceptors (Lipinski definition) is 4. The van der Waals surface area contributed by atoms with Crippen LogP contribution in [0.1, 0.15) is 37.7 Å². The summed E-state index contributed by atoms with van der Waals surface area (Å²) in [5.74, 6) is -0.209. The lowest BCUT2D eigenvalue weighted by atomic mass is 9.91. The number of pyridine rings is 1. The van der Waals surface area contributed by atoms with E-state index < -0.39 is 5.54 Å². The van der Waals surface area contributed by atoms with Gasteiger partial charge in [-0.05, 0) is 31.4 Å². The SMILES string of the molecule is CC(C)CC(C)(CN)NC(=O)CNC(=O)c1ccccn1. The van der Waals surface area contributed by atoms with E-state index in [0.717, 1.165) is 6.42 Å². The Morgan fingerprint density at radius 2 is 2.10 bits per heavy atom. The Hall–Kier alpha value is -1.95. The molecule has 1 atom stereocenters. The van der Waals surface area contributed by atoms with Gasteiger partial charge in [0.2, 0.25) is 5.91 Å². The number of amides is 2. The summed E-state index contributed by atoms with van der Waals surface area (Å²) < 4.78 is 0. The van der Waals surface area contributed by atoms with Crippen LogP contribution in [0.2, 0.25) is 0 Å². The highest BCUT2D eigenvalue weighted by molar-refractivity contribution is 5.94. The molecule has 0 spiro atoms. The number of hydrogen-bond donors (Lipinski definition) is 3. The molecular formula is C15H24N4O2. The summed E-state index contributed by atoms with van der Waals surface area (Å²) >= 11 is 0. The van der Waals surface area contributed by atoms with Crippen LogP contribution in [0, 0.1) is 5.92 Å². The average Bonchev–Trinajstić information content (AvgIpc) is 2.44. The Bertz CT molecular complexity index is 476. The van der Waals surface area contributed by atoms with Crippen LogP contribution in [0.15, 0.2) is 24.4 Å². The van der Waals surface area contributed by atoms with Gasteiger partial charge in [0.05, 0.1) is 6.54 Å². The molecule has 0 aliphatic carbocycles. The minimum absolute atomic E-state index is 0.0942. The van der Waals surface area contributed by atoms with Crippen LogP contribution in [0.3, 0.4) is 0 Å². The molecule has 0 radical (unpaired) electrons. The molecule has 0 aliphatic rings. The molecule has 0 aromatic carbocycles. The lowest BCUT2D eigenvalue weighted by Gasteiger charge is -2.31. The number of carbonyl (C=O) groups excluding carboxylic acids is 2. The monoisotopic (exact) mass is 292 g/mol. The van der Waals surface area contributed by atoms with Gasteiger partial charge in [0, 0.05) is 18.3 Å². The predicted octanol–water partition coefficient (Wildman–Crippen LogP) is 0.691. The standard InChI is InChI=1S/C15H24N4O2/c1-11(2)8-15(3,10-16)19-13(20)9-18-14(21)12-6-4-5-7-17-12/h4-7,11H,8-10,16H2,1-3H3,(H,18,21)(H,19,20). The van der Waals surface area contributed by atoms with Gasteiger partial charge < -0.3 is 16.4 Å². The highest BCUT2D eigenvalue weighted by Crippen LogP contribution is 2.14. The van der Waals surface area contributed by atoms with Crippen molar-refractivity contribution in [3.63, 3.8) is 0 Å². The summed E-state index contributed by atoms with van der Waals surface area (Å²) in [7, 11) is 0. The van der Waals surface area contributed by atoms with Crippen molar-refractivity contribution < 1.29 is 9.59 Å². The highest BCUT2D eigenvalue weighted by atomic mass is 16.2. The van der Waals surface area contributed by atoms with Crippen LogP contribution in [0.5, 0.6) is 0 Å². The molecule has 1 heterocycles. The van der Waals surface area contributed by atoms with Gasteiger partial charge in [0.1, 0.15) is 5.69 Å². The van der Waals surface area contributed by atoms with Crippen molar-refractivity contribution in [3.05, 3.63) is 30.1 Å². The highest BCUT2D eigenvalue weighted by Gasteiger charge is 2.25. The molecule has 1 rings (SSSR count). The molecular weight excluding hydrogens is 268 g/mol. The molecule has 6 heteroatoms. The lowest BCUT2D eigenvalue weighted by Crippen LogP contribution is -2.54. The second-order valence-corrected chi connectivity index (χ2v) is 5.81. The van der Waals surface area contributed by atoms with Crippen LogP contribution in [-0.4, -0.2) is 35.4 Å². The number of carbonyl (C=O) groups is 2. The van der Waals surface area contributed by atoms with E-state index in [-0.39, 0.29) is 24.1 Å². The Morgan fingerprint density at radius 3 is 2.62 bits per heavy atom. The summed E-state index contributed by atoms with van der Waals surface area (Å²) in [4.78, 5) is 27.6. The number of nitrogens with zero attached hydrogens (tertiary/aromatic N) is 1. The number of nitrogens with one attached hydrogen (secondary N) is 2. The van der Waals surface area contributed by atoms with E-state index in [1.54, 1.807) is 18.2 Å². The van der Waals surface area contributed by atoms with Gasteiger partial charge in [0.15, 0.2) is 0 Å². The summed E-state index contributed by atoms with van der Waals surface area (Å²) in [6, 6.07) is 5.04. The maximum atomic E-state index is 11.9. The zero-order valence-corrected chi connectivity index (χ0v) is 12.8. The molecule has 21 heavy (non-hydrogen) atoms. The fourth-order valence-electron chi connectivity index (χ4n) is 2.22. The van der Waals surface area contributed by atoms with Gasteiger partial charge in [-0.25, -0.2) is 0 Å². The van der Waals surface area contributed by atoms with Crippen LogP contribution in [-0.2, 0) is 4.79 Å². The summed E-state index contributed by atoms with van der Waals surface area (Å²) in [6.45, 7) is 6.31. The van der Waals surface area contributed by atoms with Gasteiger partial charge >= 0.3 is 0 Å². The smallest absolute Gasteiger partial charge is 0.270 e. The van der Waals surface area contributed by atoms with Gasteiger partial charge in [-0.2, -0.15) is 0 Å². The van der Waals surface area contributed by atoms with Crippen LogP contribution in [0.4, 0.5) is 0 Å². The maximum absolute atomic E-state index is 11.9. The largest absolute Gasteiger partial charge is 0.348 e. The van der Waals surface area contributed by atoms with E-state index in [1.807, 2.05) is 6.92 Å². The van der Waals surface area contributed by atoms with E-state index in [4.69, 9.17) is 5.73 Å². The summed E-state index contributed by atoms with van der Waals surface area (Å²) in [5.41, 5.74) is 5.57. The second kappa shape index (κ2) is 7.73. The third-order valence-electron chi connectivity index (χ3n) is 3.06. The van der Waals surface area contributed by atoms with E-state index in [9.17, 15) is 9.59 Å². The zero-order chi connectivity index (χ0) is 15.9. The molecule has 1 aromatic heterocycles. The molecule has 6 nitrogen and oxygen atoms in total. The lowest BCUT2D eigenvalue weighted by molar-refractivity contribution is -0.122. The number of nitrogens with two attached hydrogens (primary N) is 1. The van der Waals surface area contributed by atoms with E-state index in [2.05, 4.69) is 29.5 Å². The molecule has 4 N–H and O–H groups in total. The zero-order valence-electron chi connectivity index (χ0n) is 12.8. The third-order valence-corrected chi connectivity index (χ3v) is 3.06. The minimum atomic E-state index is -0.457. The predicted molar refractivity (Wildman–Crippen MR) is 81.6 cm³/mol. The number of rotatable bonds is 7. The van der Waals surface area contributed by atoms with Gasteiger partial charge in [0.25, 0.3) is 5.91 Å². The van der Waals surface area contributed by atoms with Crippen molar-refractivity contribution in [2.75, 3.05) is 13.1 Å². The summed E-state index contributed by atoms with van der Waals surface area (Å²) in [6.07, 6.45) is 2.31. The van der Waals surface area contributed by atoms with Gasteiger partial charge in [-0.15, -0.1) is 0 Å². The Morgan fingerprint density at radius 1 is 1.38 bits per heavy atom. The van der Waals surface area contributed by atoms with Crippen molar-refractivity contribution >= 4 is 11.8 Å². The molecule has 0 saturated heterocycles. The topological polar surface area (TPSA) is 97.1 Å². The van der Waals surface area contributed by atoms with Crippen molar-refractivity contribution in [1.29, 1.82) is 0 Å². The fourth-order valence-corrected chi connectivity index (χ4v) is 2.22. The first-order chi connectivity index (χ1) is 9.86. The van der Waals surface area contributed by atoms with Gasteiger partial charge in [-0.3, -0.25) is 14.6 Å². The molecule has 116 valence electrons. The van der Waals surface area contributed by atoms with Gasteiger partial charge in [-0.1, -0.05) is 19.9 Å². The van der Waals surface area contributed by atoms with E-state index in [1.165, 1.54) is 6.20 Å². The van der Waals surface area contributed by atoms with Crippen molar-refractivity contribution in [2.24, 2.45) is 11.7 Å². The number of aromatic nitrogens is 1. The molecule has 0 aliphatic heterocycles. The molecule has 1 unspecified atom stereocenters. The van der Waals surface area contributed by atoms with E-state index >= 15 is 0 Å². The van der Waals surface area contributed by atoms with Crippen molar-refractivity contribution in [1.82, 2.24) is 15.6 Å². The molecule has 0 saturated carbocycles. The first-order valence-electron chi connectivity index (χ1n) is 7.06. The van der Waals surface area contributed by atoms with Crippen LogP contribution >= 0.6 is 0 Å². The average molecular weight is 292 g/mol. The molecule has 2 amide bonds. The van der Waals surface area contributed by atoms with Crippen LogP contribution in [0.25, 0.3) is 0 Å².